The lowest BCUT2D eigenvalue weighted by atomic mass is 10.8. The molecule has 0 atom stereocenters. The van der Waals surface area contributed by atoms with E-state index in [4.69, 9.17) is 9.66 Å². The van der Waals surface area contributed by atoms with E-state index in [1.807, 2.05) is 0 Å². The summed E-state index contributed by atoms with van der Waals surface area (Å²) in [6, 6.07) is 0. The molecule has 1 amide bonds. The molecule has 0 aliphatic heterocycles. The highest BCUT2D eigenvalue weighted by atomic mass is 32.2. The lowest BCUT2D eigenvalue weighted by Gasteiger charge is -2.05. The molecule has 0 rings (SSSR count). The summed E-state index contributed by atoms with van der Waals surface area (Å²) in [7, 11) is -5.88. The second kappa shape index (κ2) is 3.91. The molecule has 0 radical (unpaired) electrons. The van der Waals surface area contributed by atoms with Crippen molar-refractivity contribution in [2.24, 2.45) is 0 Å². The normalized spacial score (nSPS) is 12.6. The minimum Gasteiger partial charge on any atom is -0.411 e. The first kappa shape index (κ1) is 12.2. The highest BCUT2D eigenvalue weighted by Crippen LogP contribution is 2.18. The van der Waals surface area contributed by atoms with Crippen LogP contribution in [0.15, 0.2) is 0 Å². The van der Waals surface area contributed by atoms with E-state index in [9.17, 15) is 22.2 Å². The molecule has 0 aliphatic rings. The Morgan fingerprint density at radius 2 is 1.92 bits per heavy atom. The lowest BCUT2D eigenvalue weighted by Crippen LogP contribution is -2.43. The molecule has 0 heterocycles. The van der Waals surface area contributed by atoms with Gasteiger partial charge in [-0.25, -0.2) is 4.55 Å². The molecule has 13 heavy (non-hydrogen) atoms. The van der Waals surface area contributed by atoms with Gasteiger partial charge in [0.15, 0.2) is 0 Å². The monoisotopic (exact) mass is 222 g/mol. The van der Waals surface area contributed by atoms with Gasteiger partial charge in [0.1, 0.15) is 6.61 Å². The quantitative estimate of drug-likeness (QED) is 0.493. The average Bonchev–Trinajstić information content (AvgIpc) is 1.97. The maximum atomic E-state index is 12.2. The number of carbonyl (C=O) groups is 1. The first-order chi connectivity index (χ1) is 5.73. The van der Waals surface area contributed by atoms with E-state index >= 15 is 0 Å². The molecule has 2 N–H and O–H groups in total. The fourth-order valence-electron chi connectivity index (χ4n) is 0.302. The lowest BCUT2D eigenvalue weighted by molar-refractivity contribution is -1.01. The van der Waals surface area contributed by atoms with E-state index in [0.29, 0.717) is 0 Å². The van der Waals surface area contributed by atoms with Crippen molar-refractivity contribution in [3.8, 4) is 0 Å². The van der Waals surface area contributed by atoms with Crippen LogP contribution in [0.4, 0.5) is 13.8 Å². The smallest absolute Gasteiger partial charge is 0.411 e. The second-order valence-corrected chi connectivity index (χ2v) is 3.10. The zero-order chi connectivity index (χ0) is 10.7. The van der Waals surface area contributed by atoms with Crippen LogP contribution < -0.4 is 0 Å². The number of nitrogens with zero attached hydrogens (tertiary/aromatic N) is 1. The summed E-state index contributed by atoms with van der Waals surface area (Å²) in [5.41, 5.74) is 0. The van der Waals surface area contributed by atoms with E-state index in [1.54, 1.807) is 0 Å². The van der Waals surface area contributed by atoms with Crippen molar-refractivity contribution in [3.05, 3.63) is 0 Å². The number of aliphatic hydroxyl groups is 1. The van der Waals surface area contributed by atoms with Crippen LogP contribution in [0.3, 0.4) is 0 Å². The molecule has 78 valence electrons. The Kier molecular flexibility index (Phi) is 3.66. The summed E-state index contributed by atoms with van der Waals surface area (Å²) in [4.78, 5) is 10.2. The van der Waals surface area contributed by atoms with Gasteiger partial charge in [-0.2, -0.15) is 4.79 Å². The fraction of sp³-hybridized carbons (Fsp3) is 0.667. The molecule has 0 fully saturated rings. The van der Waals surface area contributed by atoms with Crippen LogP contribution in [0, 0.1) is 0 Å². The third-order valence-corrected chi connectivity index (χ3v) is 1.55. The number of quaternary nitrogens is 1. The minimum atomic E-state index is -5.88. The van der Waals surface area contributed by atoms with Gasteiger partial charge < -0.3 is 9.84 Å². The topological polar surface area (TPSA) is 101 Å². The van der Waals surface area contributed by atoms with Crippen LogP contribution >= 0.6 is 0 Å². The minimum absolute atomic E-state index is 0.739. The van der Waals surface area contributed by atoms with Crippen LogP contribution in [0.5, 0.6) is 0 Å². The molecule has 0 aromatic heterocycles. The Balaban J connectivity index is 4.57. The van der Waals surface area contributed by atoms with Crippen molar-refractivity contribution in [3.63, 3.8) is 0 Å². The van der Waals surface area contributed by atoms with E-state index in [1.165, 1.54) is 0 Å². The first-order valence-corrected chi connectivity index (χ1v) is 4.17. The molecule has 0 spiro atoms. The van der Waals surface area contributed by atoms with Gasteiger partial charge in [0.25, 0.3) is 4.33 Å². The van der Waals surface area contributed by atoms with E-state index in [0.717, 1.165) is 0 Å². The standard InChI is InChI=1S/C3H5F2NO6S/c4-6(5,13(9,10)11)3(8)12-2-1-7/h7H,1-2H2/p+1. The SMILES string of the molecule is O=C(OCCO)[N+](F)(F)S(=O)(=O)O. The second-order valence-electron chi connectivity index (χ2n) is 1.75. The van der Waals surface area contributed by atoms with Crippen LogP contribution in [-0.4, -0.2) is 41.7 Å². The molecule has 0 bridgehead atoms. The third kappa shape index (κ3) is 2.84. The summed E-state index contributed by atoms with van der Waals surface area (Å²) in [6.07, 6.45) is -2.49. The maximum Gasteiger partial charge on any atom is 0.617 e. The van der Waals surface area contributed by atoms with E-state index < -0.39 is 33.9 Å². The van der Waals surface area contributed by atoms with Crippen molar-refractivity contribution in [2.45, 2.75) is 0 Å². The van der Waals surface area contributed by atoms with Gasteiger partial charge in [-0.1, -0.05) is 0 Å². The van der Waals surface area contributed by atoms with Gasteiger partial charge in [0.05, 0.1) is 15.6 Å². The Bertz CT molecular complexity index is 286. The summed E-state index contributed by atoms with van der Waals surface area (Å²) >= 11 is 0. The van der Waals surface area contributed by atoms with Crippen molar-refractivity contribution in [1.82, 2.24) is 0 Å². The van der Waals surface area contributed by atoms with Crippen molar-refractivity contribution in [1.29, 1.82) is 0 Å². The molecule has 0 unspecified atom stereocenters. The highest BCUT2D eigenvalue weighted by molar-refractivity contribution is 7.80. The molecule has 0 aliphatic carbocycles. The molecular formula is C3H6F2NO6S+. The number of aliphatic hydroxyl groups excluding tert-OH is 1. The largest absolute Gasteiger partial charge is 0.617 e. The number of ether oxygens (including phenoxy) is 1. The Morgan fingerprint density at radius 1 is 1.46 bits per heavy atom. The molecule has 0 aromatic carbocycles. The first-order valence-electron chi connectivity index (χ1n) is 2.77. The van der Waals surface area contributed by atoms with Crippen LogP contribution in [0.2, 0.25) is 0 Å². The van der Waals surface area contributed by atoms with Crippen molar-refractivity contribution >= 4 is 16.4 Å². The molecule has 7 nitrogen and oxygen atoms in total. The summed E-state index contributed by atoms with van der Waals surface area (Å²) in [6.45, 7) is -1.53. The van der Waals surface area contributed by atoms with Gasteiger partial charge in [0.2, 0.25) is 0 Å². The van der Waals surface area contributed by atoms with Crippen LogP contribution in [-0.2, 0) is 15.0 Å². The highest BCUT2D eigenvalue weighted by Gasteiger charge is 2.58. The predicted molar refractivity (Wildman–Crippen MR) is 32.5 cm³/mol. The number of hydrogen-bond donors (Lipinski definition) is 2. The maximum absolute atomic E-state index is 12.2. The molecule has 0 saturated carbocycles. The van der Waals surface area contributed by atoms with Gasteiger partial charge in [-0.05, 0) is 0 Å². The summed E-state index contributed by atoms with van der Waals surface area (Å²) in [5.74, 6) is 0. The fourth-order valence-corrected chi connectivity index (χ4v) is 0.543. The van der Waals surface area contributed by atoms with Crippen LogP contribution in [0.1, 0.15) is 0 Å². The molecule has 0 saturated heterocycles. The van der Waals surface area contributed by atoms with Crippen molar-refractivity contribution < 1.29 is 40.9 Å². The summed E-state index contributed by atoms with van der Waals surface area (Å²) in [5, 5.41) is 8.04. The Labute approximate surface area is 71.5 Å². The summed E-state index contributed by atoms with van der Waals surface area (Å²) < 4.78 is 51.2. The van der Waals surface area contributed by atoms with E-state index in [-0.39, 0.29) is 0 Å². The molecule has 0 aromatic rings. The van der Waals surface area contributed by atoms with Crippen LogP contribution in [0.25, 0.3) is 0 Å². The number of amides is 1. The third-order valence-electron chi connectivity index (χ3n) is 0.819. The molecular weight excluding hydrogens is 216 g/mol. The van der Waals surface area contributed by atoms with E-state index in [2.05, 4.69) is 4.74 Å². The van der Waals surface area contributed by atoms with Crippen molar-refractivity contribution in [2.75, 3.05) is 13.2 Å². The number of carbonyl (C=O) groups excluding carboxylic acids is 1. The zero-order valence-electron chi connectivity index (χ0n) is 6.05. The Morgan fingerprint density at radius 3 is 2.23 bits per heavy atom. The molecule has 10 heteroatoms. The number of rotatable bonds is 3. The van der Waals surface area contributed by atoms with Gasteiger partial charge in [-0.3, -0.25) is 0 Å². The van der Waals surface area contributed by atoms with Gasteiger partial charge in [0, 0.05) is 0 Å². The zero-order valence-corrected chi connectivity index (χ0v) is 6.87. The average molecular weight is 222 g/mol. The Hall–Kier alpha value is -0.840. The van der Waals surface area contributed by atoms with Gasteiger partial charge in [-0.15, -0.1) is 8.42 Å². The number of halogens is 2. The number of hydrogen-bond acceptors (Lipinski definition) is 5. The van der Waals surface area contributed by atoms with Gasteiger partial charge >= 0.3 is 16.4 Å². The predicted octanol–water partition coefficient (Wildman–Crippen LogP) is -0.496.